The van der Waals surface area contributed by atoms with Crippen molar-refractivity contribution in [3.8, 4) is 0 Å². The van der Waals surface area contributed by atoms with Crippen molar-refractivity contribution in [3.05, 3.63) is 33.9 Å². The van der Waals surface area contributed by atoms with Crippen LogP contribution in [0.2, 0.25) is 0 Å². The fraction of sp³-hybridized carbons (Fsp3) is 0.250. The Labute approximate surface area is 100 Å². The van der Waals surface area contributed by atoms with Crippen molar-refractivity contribution in [2.75, 3.05) is 11.6 Å². The second kappa shape index (κ2) is 4.92. The lowest BCUT2D eigenvalue weighted by molar-refractivity contribution is -0.390. The summed E-state index contributed by atoms with van der Waals surface area (Å²) in [7, 11) is -4.18. The topological polar surface area (TPSA) is 77.3 Å². The molecule has 0 aliphatic heterocycles. The third-order valence-corrected chi connectivity index (χ3v) is 3.99. The van der Waals surface area contributed by atoms with E-state index < -0.39 is 42.7 Å². The van der Waals surface area contributed by atoms with Crippen LogP contribution in [-0.2, 0) is 9.84 Å². The summed E-state index contributed by atoms with van der Waals surface area (Å²) in [6.07, 6.45) is 0. The standard InChI is InChI=1S/C8H6ClF2NO4S/c9-1-2-17(15,16)7-4-5(10)3-6(11)8(7)12(13)14/h3-4H,1-2H2. The summed E-state index contributed by atoms with van der Waals surface area (Å²) in [6, 6.07) is 0.654. The van der Waals surface area contributed by atoms with Crippen LogP contribution < -0.4 is 0 Å². The van der Waals surface area contributed by atoms with Crippen LogP contribution in [0.4, 0.5) is 14.5 Å². The molecule has 1 rings (SSSR count). The first-order valence-electron chi connectivity index (χ1n) is 4.21. The zero-order valence-corrected chi connectivity index (χ0v) is 9.76. The van der Waals surface area contributed by atoms with Crippen LogP contribution in [0.25, 0.3) is 0 Å². The van der Waals surface area contributed by atoms with Gasteiger partial charge in [0.1, 0.15) is 5.82 Å². The minimum Gasteiger partial charge on any atom is -0.258 e. The summed E-state index contributed by atoms with van der Waals surface area (Å²) in [5.41, 5.74) is -1.27. The molecule has 1 aromatic rings. The van der Waals surface area contributed by atoms with Gasteiger partial charge in [0, 0.05) is 11.9 Å². The van der Waals surface area contributed by atoms with Crippen LogP contribution in [0.5, 0.6) is 0 Å². The molecule has 9 heteroatoms. The van der Waals surface area contributed by atoms with E-state index in [1.807, 2.05) is 0 Å². The van der Waals surface area contributed by atoms with Gasteiger partial charge in [-0.05, 0) is 6.07 Å². The molecule has 0 amide bonds. The highest BCUT2D eigenvalue weighted by molar-refractivity contribution is 7.91. The summed E-state index contributed by atoms with van der Waals surface area (Å²) in [5.74, 6) is -3.72. The number of hydrogen-bond acceptors (Lipinski definition) is 4. The van der Waals surface area contributed by atoms with Crippen LogP contribution in [-0.4, -0.2) is 25.0 Å². The number of halogens is 3. The van der Waals surface area contributed by atoms with E-state index in [1.54, 1.807) is 0 Å². The Morgan fingerprint density at radius 3 is 2.41 bits per heavy atom. The number of nitrogens with zero attached hydrogens (tertiary/aromatic N) is 1. The Hall–Kier alpha value is -1.28. The highest BCUT2D eigenvalue weighted by Crippen LogP contribution is 2.28. The molecular formula is C8H6ClF2NO4S. The van der Waals surface area contributed by atoms with Crippen molar-refractivity contribution < 1.29 is 22.1 Å². The summed E-state index contributed by atoms with van der Waals surface area (Å²) < 4.78 is 49.1. The fourth-order valence-electron chi connectivity index (χ4n) is 1.17. The van der Waals surface area contributed by atoms with Gasteiger partial charge in [-0.2, -0.15) is 4.39 Å². The maximum absolute atomic E-state index is 13.2. The van der Waals surface area contributed by atoms with Gasteiger partial charge in [-0.1, -0.05) is 0 Å². The highest BCUT2D eigenvalue weighted by atomic mass is 35.5. The van der Waals surface area contributed by atoms with E-state index in [-0.39, 0.29) is 11.9 Å². The summed E-state index contributed by atoms with van der Waals surface area (Å²) in [6.45, 7) is 0. The molecule has 0 atom stereocenters. The number of sulfone groups is 1. The molecule has 94 valence electrons. The highest BCUT2D eigenvalue weighted by Gasteiger charge is 2.30. The van der Waals surface area contributed by atoms with Crippen LogP contribution in [0.1, 0.15) is 0 Å². The van der Waals surface area contributed by atoms with Crippen LogP contribution in [0, 0.1) is 21.7 Å². The largest absolute Gasteiger partial charge is 0.323 e. The SMILES string of the molecule is O=[N+]([O-])c1c(F)cc(F)cc1S(=O)(=O)CCCl. The first kappa shape index (κ1) is 13.8. The minimum absolute atomic E-state index is 0.248. The number of rotatable bonds is 4. The molecule has 5 nitrogen and oxygen atoms in total. The lowest BCUT2D eigenvalue weighted by Gasteiger charge is -2.04. The molecule has 1 aromatic carbocycles. The van der Waals surface area contributed by atoms with Gasteiger partial charge in [0.05, 0.1) is 10.7 Å². The summed E-state index contributed by atoms with van der Waals surface area (Å²) in [5, 5.41) is 10.6. The van der Waals surface area contributed by atoms with E-state index in [2.05, 4.69) is 0 Å². The van der Waals surface area contributed by atoms with E-state index in [0.29, 0.717) is 6.07 Å². The van der Waals surface area contributed by atoms with Gasteiger partial charge in [0.25, 0.3) is 0 Å². The number of hydrogen-bond donors (Lipinski definition) is 0. The van der Waals surface area contributed by atoms with Crippen molar-refractivity contribution in [2.45, 2.75) is 4.90 Å². The van der Waals surface area contributed by atoms with E-state index in [9.17, 15) is 27.3 Å². The van der Waals surface area contributed by atoms with Gasteiger partial charge in [-0.15, -0.1) is 11.6 Å². The lowest BCUT2D eigenvalue weighted by atomic mass is 10.3. The van der Waals surface area contributed by atoms with E-state index >= 15 is 0 Å². The zero-order valence-electron chi connectivity index (χ0n) is 8.19. The Balaban J connectivity index is 3.57. The molecule has 0 fully saturated rings. The molecule has 0 saturated heterocycles. The molecule has 0 heterocycles. The Morgan fingerprint density at radius 1 is 1.35 bits per heavy atom. The lowest BCUT2D eigenvalue weighted by Crippen LogP contribution is -2.12. The van der Waals surface area contributed by atoms with Gasteiger partial charge in [0.15, 0.2) is 14.7 Å². The molecule has 0 unspecified atom stereocenters. The number of nitro benzene ring substituents is 1. The van der Waals surface area contributed by atoms with E-state index in [1.165, 1.54) is 0 Å². The predicted octanol–water partition coefficient (Wildman–Crippen LogP) is 1.89. The van der Waals surface area contributed by atoms with Gasteiger partial charge in [0.2, 0.25) is 5.82 Å². The van der Waals surface area contributed by atoms with Crippen LogP contribution in [0.3, 0.4) is 0 Å². The smallest absolute Gasteiger partial charge is 0.258 e. The quantitative estimate of drug-likeness (QED) is 0.481. The summed E-state index contributed by atoms with van der Waals surface area (Å²) >= 11 is 5.21. The average molecular weight is 286 g/mol. The van der Waals surface area contributed by atoms with Crippen molar-refractivity contribution in [1.82, 2.24) is 0 Å². The molecule has 0 bridgehead atoms. The minimum atomic E-state index is -4.18. The number of benzene rings is 1. The van der Waals surface area contributed by atoms with Crippen LogP contribution in [0.15, 0.2) is 17.0 Å². The van der Waals surface area contributed by atoms with Crippen molar-refractivity contribution in [1.29, 1.82) is 0 Å². The second-order valence-electron chi connectivity index (χ2n) is 3.00. The molecule has 0 aromatic heterocycles. The molecule has 17 heavy (non-hydrogen) atoms. The van der Waals surface area contributed by atoms with Gasteiger partial charge in [-0.3, -0.25) is 10.1 Å². The first-order valence-corrected chi connectivity index (χ1v) is 6.40. The predicted molar refractivity (Wildman–Crippen MR) is 55.8 cm³/mol. The van der Waals surface area contributed by atoms with Gasteiger partial charge in [-0.25, -0.2) is 12.8 Å². The molecule has 0 aliphatic rings. The molecule has 0 radical (unpaired) electrons. The Kier molecular flexibility index (Phi) is 3.99. The van der Waals surface area contributed by atoms with Crippen molar-refractivity contribution >= 4 is 27.1 Å². The average Bonchev–Trinajstić information content (AvgIpc) is 2.15. The van der Waals surface area contributed by atoms with E-state index in [0.717, 1.165) is 0 Å². The second-order valence-corrected chi connectivity index (χ2v) is 5.45. The molecule has 0 spiro atoms. The number of nitro groups is 1. The van der Waals surface area contributed by atoms with Crippen molar-refractivity contribution in [3.63, 3.8) is 0 Å². The zero-order chi connectivity index (χ0) is 13.2. The Morgan fingerprint density at radius 2 is 1.94 bits per heavy atom. The maximum Gasteiger partial charge on any atom is 0.323 e. The molecule has 0 aliphatic carbocycles. The Bertz CT molecular complexity index is 561. The van der Waals surface area contributed by atoms with Crippen LogP contribution >= 0.6 is 11.6 Å². The van der Waals surface area contributed by atoms with Crippen molar-refractivity contribution in [2.24, 2.45) is 0 Å². The first-order chi connectivity index (χ1) is 7.79. The monoisotopic (exact) mass is 285 g/mol. The van der Waals surface area contributed by atoms with Gasteiger partial charge >= 0.3 is 5.69 Å². The molecule has 0 saturated carbocycles. The fourth-order valence-corrected chi connectivity index (χ4v) is 2.96. The van der Waals surface area contributed by atoms with E-state index in [4.69, 9.17) is 11.6 Å². The number of alkyl halides is 1. The third-order valence-electron chi connectivity index (χ3n) is 1.86. The summed E-state index contributed by atoms with van der Waals surface area (Å²) in [4.78, 5) is 8.34. The maximum atomic E-state index is 13.2. The van der Waals surface area contributed by atoms with Gasteiger partial charge < -0.3 is 0 Å². The normalized spacial score (nSPS) is 11.5. The molecule has 0 N–H and O–H groups in total. The third kappa shape index (κ3) is 2.89. The molecular weight excluding hydrogens is 280 g/mol.